The van der Waals surface area contributed by atoms with Crippen molar-refractivity contribution in [3.05, 3.63) is 54.4 Å². The van der Waals surface area contributed by atoms with Gasteiger partial charge in [0.05, 0.1) is 5.69 Å². The van der Waals surface area contributed by atoms with Gasteiger partial charge in [0.25, 0.3) is 0 Å². The van der Waals surface area contributed by atoms with Crippen molar-refractivity contribution < 1.29 is 24.2 Å². The van der Waals surface area contributed by atoms with Crippen LogP contribution in [0.1, 0.15) is 0 Å². The molecule has 0 aliphatic carbocycles. The third-order valence-corrected chi connectivity index (χ3v) is 4.94. The first kappa shape index (κ1) is 18.8. The van der Waals surface area contributed by atoms with Gasteiger partial charge in [0.2, 0.25) is 0 Å². The molecule has 6 nitrogen and oxygen atoms in total. The Bertz CT molecular complexity index is 855. The van der Waals surface area contributed by atoms with Gasteiger partial charge >= 0.3 is 11.9 Å². The van der Waals surface area contributed by atoms with Crippen molar-refractivity contribution in [3.8, 4) is 0 Å². The Morgan fingerprint density at radius 2 is 1.59 bits per heavy atom. The number of hydrogen-bond acceptors (Lipinski definition) is 4. The molecule has 2 atom stereocenters. The van der Waals surface area contributed by atoms with E-state index in [1.807, 2.05) is 36.4 Å². The van der Waals surface area contributed by atoms with Gasteiger partial charge in [0.15, 0.2) is 5.82 Å². The van der Waals surface area contributed by atoms with E-state index in [-0.39, 0.29) is 5.82 Å². The molecule has 0 amide bonds. The molecule has 3 N–H and O–H groups in total. The largest absolute Gasteiger partial charge is 0.478 e. The summed E-state index contributed by atoms with van der Waals surface area (Å²) < 4.78 is 14.6. The highest BCUT2D eigenvalue weighted by molar-refractivity contribution is 5.89. The number of halogens is 1. The predicted octanol–water partition coefficient (Wildman–Crippen LogP) is 2.35. The maximum absolute atomic E-state index is 14.6. The maximum Gasteiger partial charge on any atom is 0.328 e. The Kier molecular flexibility index (Phi) is 5.71. The van der Waals surface area contributed by atoms with E-state index in [4.69, 9.17) is 10.2 Å². The SMILES string of the molecule is Fc1c(N2CC3CNCC3C2)ccc2ccccc12.O=C(O)/C=C\C(=O)O. The van der Waals surface area contributed by atoms with Gasteiger partial charge in [-0.05, 0) is 23.3 Å². The fourth-order valence-corrected chi connectivity index (χ4v) is 3.66. The van der Waals surface area contributed by atoms with E-state index < -0.39 is 11.9 Å². The molecule has 2 saturated heterocycles. The lowest BCUT2D eigenvalue weighted by Crippen LogP contribution is -2.26. The van der Waals surface area contributed by atoms with Crippen LogP contribution in [0.15, 0.2) is 48.6 Å². The Morgan fingerprint density at radius 3 is 2.19 bits per heavy atom. The van der Waals surface area contributed by atoms with Gasteiger partial charge in [0.1, 0.15) is 0 Å². The van der Waals surface area contributed by atoms with Crippen molar-refractivity contribution in [1.82, 2.24) is 5.32 Å². The Morgan fingerprint density at radius 1 is 1.00 bits per heavy atom. The number of anilines is 1. The molecule has 27 heavy (non-hydrogen) atoms. The molecule has 2 fully saturated rings. The zero-order chi connectivity index (χ0) is 19.4. The summed E-state index contributed by atoms with van der Waals surface area (Å²) in [5.74, 6) is -1.21. The fraction of sp³-hybridized carbons (Fsp3) is 0.300. The van der Waals surface area contributed by atoms with E-state index in [0.717, 1.165) is 42.6 Å². The van der Waals surface area contributed by atoms with Crippen molar-refractivity contribution in [2.75, 3.05) is 31.1 Å². The number of carboxylic acid groups (broad SMARTS) is 2. The Balaban J connectivity index is 0.000000226. The summed E-state index contributed by atoms with van der Waals surface area (Å²) in [7, 11) is 0. The van der Waals surface area contributed by atoms with Crippen LogP contribution < -0.4 is 10.2 Å². The summed E-state index contributed by atoms with van der Waals surface area (Å²) in [4.78, 5) is 21.3. The number of nitrogens with zero attached hydrogens (tertiary/aromatic N) is 1. The lowest BCUT2D eigenvalue weighted by atomic mass is 10.0. The van der Waals surface area contributed by atoms with Crippen molar-refractivity contribution in [1.29, 1.82) is 0 Å². The second-order valence-corrected chi connectivity index (χ2v) is 6.71. The molecule has 142 valence electrons. The summed E-state index contributed by atoms with van der Waals surface area (Å²) in [5, 5.41) is 20.8. The van der Waals surface area contributed by atoms with Gasteiger partial charge in [0, 0.05) is 43.7 Å². The molecule has 7 heteroatoms. The smallest absolute Gasteiger partial charge is 0.328 e. The third-order valence-electron chi connectivity index (χ3n) is 4.94. The third kappa shape index (κ3) is 4.43. The minimum absolute atomic E-state index is 0.0639. The van der Waals surface area contributed by atoms with Gasteiger partial charge in [-0.3, -0.25) is 0 Å². The van der Waals surface area contributed by atoms with Crippen molar-refractivity contribution >= 4 is 28.4 Å². The van der Waals surface area contributed by atoms with E-state index in [1.54, 1.807) is 0 Å². The number of carbonyl (C=O) groups is 2. The topological polar surface area (TPSA) is 89.9 Å². The van der Waals surface area contributed by atoms with E-state index in [2.05, 4.69) is 10.2 Å². The standard InChI is InChI=1S/C16H17FN2.C4H4O4/c17-16-14-4-2-1-3-11(14)5-6-15(16)19-9-12-7-18-8-13(12)10-19;5-3(6)1-2-4(7)8/h1-6,12-13,18H,7-10H2;1-2H,(H,5,6)(H,7,8)/b;2-1-. The molecule has 2 aliphatic heterocycles. The van der Waals surface area contributed by atoms with Crippen LogP contribution in [0.5, 0.6) is 0 Å². The van der Waals surface area contributed by atoms with Gasteiger partial charge in [-0.1, -0.05) is 30.3 Å². The molecule has 2 aliphatic rings. The van der Waals surface area contributed by atoms with Crippen LogP contribution in [0.25, 0.3) is 10.8 Å². The first-order chi connectivity index (χ1) is 13.0. The lowest BCUT2D eigenvalue weighted by Gasteiger charge is -2.21. The zero-order valence-electron chi connectivity index (χ0n) is 14.6. The van der Waals surface area contributed by atoms with E-state index in [1.165, 1.54) is 0 Å². The second kappa shape index (κ2) is 8.18. The molecule has 2 heterocycles. The maximum atomic E-state index is 14.6. The summed E-state index contributed by atoms with van der Waals surface area (Å²) in [6.45, 7) is 4.12. The molecular formula is C20H21FN2O4. The first-order valence-electron chi connectivity index (χ1n) is 8.72. The normalized spacial score (nSPS) is 21.1. The van der Waals surface area contributed by atoms with E-state index in [0.29, 0.717) is 24.0 Å². The molecule has 0 bridgehead atoms. The number of aliphatic carboxylic acids is 2. The highest BCUT2D eigenvalue weighted by atomic mass is 19.1. The van der Waals surface area contributed by atoms with Crippen LogP contribution in [0.4, 0.5) is 10.1 Å². The van der Waals surface area contributed by atoms with Gasteiger partial charge < -0.3 is 20.4 Å². The Hall–Kier alpha value is -2.93. The molecule has 0 spiro atoms. The number of carboxylic acids is 2. The molecule has 0 saturated carbocycles. The molecule has 0 aromatic heterocycles. The van der Waals surface area contributed by atoms with Crippen molar-refractivity contribution in [3.63, 3.8) is 0 Å². The molecule has 0 radical (unpaired) electrons. The summed E-state index contributed by atoms with van der Waals surface area (Å²) in [6.07, 6.45) is 1.12. The zero-order valence-corrected chi connectivity index (χ0v) is 14.6. The number of rotatable bonds is 3. The average Bonchev–Trinajstić information content (AvgIpc) is 3.23. The summed E-state index contributed by atoms with van der Waals surface area (Å²) in [6, 6.07) is 11.6. The summed E-state index contributed by atoms with van der Waals surface area (Å²) >= 11 is 0. The fourth-order valence-electron chi connectivity index (χ4n) is 3.66. The number of benzene rings is 2. The predicted molar refractivity (Wildman–Crippen MR) is 100 cm³/mol. The highest BCUT2D eigenvalue weighted by Crippen LogP contribution is 2.34. The van der Waals surface area contributed by atoms with Gasteiger partial charge in [-0.15, -0.1) is 0 Å². The van der Waals surface area contributed by atoms with E-state index >= 15 is 0 Å². The van der Waals surface area contributed by atoms with Crippen LogP contribution >= 0.6 is 0 Å². The molecule has 2 aromatic carbocycles. The molecule has 2 aromatic rings. The minimum Gasteiger partial charge on any atom is -0.478 e. The monoisotopic (exact) mass is 372 g/mol. The number of fused-ring (bicyclic) bond motifs is 2. The first-order valence-corrected chi connectivity index (χ1v) is 8.72. The second-order valence-electron chi connectivity index (χ2n) is 6.71. The highest BCUT2D eigenvalue weighted by Gasteiger charge is 2.36. The number of hydrogen-bond donors (Lipinski definition) is 3. The average molecular weight is 372 g/mol. The van der Waals surface area contributed by atoms with Crippen LogP contribution in [-0.2, 0) is 9.59 Å². The van der Waals surface area contributed by atoms with E-state index in [9.17, 15) is 14.0 Å². The summed E-state index contributed by atoms with van der Waals surface area (Å²) in [5.41, 5.74) is 0.771. The van der Waals surface area contributed by atoms with Gasteiger partial charge in [-0.2, -0.15) is 0 Å². The number of nitrogens with one attached hydrogen (secondary N) is 1. The lowest BCUT2D eigenvalue weighted by molar-refractivity contribution is -0.134. The van der Waals surface area contributed by atoms with Crippen LogP contribution in [-0.4, -0.2) is 48.3 Å². The van der Waals surface area contributed by atoms with Crippen molar-refractivity contribution in [2.45, 2.75) is 0 Å². The van der Waals surface area contributed by atoms with Crippen LogP contribution in [0.2, 0.25) is 0 Å². The Labute approximate surface area is 155 Å². The molecule has 4 rings (SSSR count). The van der Waals surface area contributed by atoms with Gasteiger partial charge in [-0.25, -0.2) is 14.0 Å². The quantitative estimate of drug-likeness (QED) is 0.717. The minimum atomic E-state index is -1.26. The van der Waals surface area contributed by atoms with Crippen LogP contribution in [0.3, 0.4) is 0 Å². The molecular weight excluding hydrogens is 351 g/mol. The van der Waals surface area contributed by atoms with Crippen LogP contribution in [0, 0.1) is 17.7 Å². The molecule has 2 unspecified atom stereocenters. The van der Waals surface area contributed by atoms with Crippen molar-refractivity contribution in [2.24, 2.45) is 11.8 Å².